The van der Waals surface area contributed by atoms with Crippen LogP contribution in [0.4, 0.5) is 14.4 Å². The van der Waals surface area contributed by atoms with Gasteiger partial charge in [0.15, 0.2) is 6.54 Å². The fourth-order valence-electron chi connectivity index (χ4n) is 12.5. The summed E-state index contributed by atoms with van der Waals surface area (Å²) >= 11 is 4.65. The van der Waals surface area contributed by atoms with Crippen molar-refractivity contribution in [1.82, 2.24) is 31.9 Å². The van der Waals surface area contributed by atoms with Gasteiger partial charge in [-0.15, -0.1) is 4.99 Å². The third-order valence-electron chi connectivity index (χ3n) is 19.8. The zero-order valence-corrected chi connectivity index (χ0v) is 88.6. The molecular formula is C106H172Cl2N10O19S. The summed E-state index contributed by atoms with van der Waals surface area (Å²) in [6.45, 7) is 29.5. The monoisotopic (exact) mass is 1990 g/mol. The molecule has 0 spiro atoms. The minimum atomic E-state index is -0.927. The number of nitrogens with two attached hydrogens (primary N) is 2. The number of amides is 7. The number of benzene rings is 5. The van der Waals surface area contributed by atoms with Crippen LogP contribution in [-0.4, -0.2) is 171 Å². The van der Waals surface area contributed by atoms with Crippen molar-refractivity contribution in [1.29, 1.82) is 0 Å². The number of esters is 2. The highest BCUT2D eigenvalue weighted by molar-refractivity contribution is 7.80. The van der Waals surface area contributed by atoms with Crippen molar-refractivity contribution < 1.29 is 127 Å². The van der Waals surface area contributed by atoms with Gasteiger partial charge in [0, 0.05) is 28.8 Å². The molecule has 0 saturated carbocycles. The van der Waals surface area contributed by atoms with Crippen LogP contribution in [0.25, 0.3) is 0 Å². The van der Waals surface area contributed by atoms with Gasteiger partial charge in [0.25, 0.3) is 23.6 Å². The smallest absolute Gasteiger partial charge is 0.438 e. The number of unbranched alkanes of at least 4 members (excludes halogenated alkanes) is 25. The van der Waals surface area contributed by atoms with E-state index in [4.69, 9.17) is 45.0 Å². The number of quaternary nitrogens is 1. The van der Waals surface area contributed by atoms with Gasteiger partial charge in [-0.25, -0.2) is 29.3 Å². The molecule has 7 amide bonds. The molecule has 5 rings (SSSR count). The number of hydrogen-bond donors (Lipinski definition) is 11. The highest BCUT2D eigenvalue weighted by Gasteiger charge is 2.23. The molecule has 0 radical (unpaired) electrons. The molecule has 0 atom stereocenters. The van der Waals surface area contributed by atoms with Crippen LogP contribution < -0.4 is 73.6 Å². The van der Waals surface area contributed by atoms with Gasteiger partial charge >= 0.3 is 48.2 Å². The second kappa shape index (κ2) is 84.8. The van der Waals surface area contributed by atoms with Gasteiger partial charge in [-0.2, -0.15) is 0 Å². The molecule has 138 heavy (non-hydrogen) atoms. The molecule has 32 heteroatoms. The number of carboxylic acids is 1. The van der Waals surface area contributed by atoms with Crippen molar-refractivity contribution >= 4 is 89.1 Å². The van der Waals surface area contributed by atoms with Crippen LogP contribution in [0, 0.1) is 0 Å². The molecule has 0 aliphatic heterocycles. The molecule has 0 heterocycles. The molecule has 0 bridgehead atoms. The number of ether oxygens (including phenoxy) is 7. The Morgan fingerprint density at radius 3 is 0.891 bits per heavy atom. The maximum Gasteiger partial charge on any atom is 0.438 e. The summed E-state index contributed by atoms with van der Waals surface area (Å²) in [4.78, 5) is 119. The number of hydrogen-bond acceptors (Lipinski definition) is 19. The fourth-order valence-corrected chi connectivity index (χ4v) is 12.6. The fraction of sp³-hybridized carbons (Fsp3) is 0.594. The second-order valence-corrected chi connectivity index (χ2v) is 36.4. The van der Waals surface area contributed by atoms with E-state index in [-0.39, 0.29) is 106 Å². The quantitative estimate of drug-likeness (QED) is 0.00430. The van der Waals surface area contributed by atoms with E-state index in [0.29, 0.717) is 45.9 Å². The van der Waals surface area contributed by atoms with E-state index in [1.807, 2.05) is 97.1 Å². The summed E-state index contributed by atoms with van der Waals surface area (Å²) in [5.41, 5.74) is 15.5. The summed E-state index contributed by atoms with van der Waals surface area (Å²) in [6.07, 6.45) is 41.6. The number of alkyl carbamates (subject to hydrolysis) is 2. The van der Waals surface area contributed by atoms with Crippen molar-refractivity contribution in [3.63, 3.8) is 0 Å². The number of nitrogens with one attached hydrogen (secondary N) is 6. The van der Waals surface area contributed by atoms with Crippen molar-refractivity contribution in [2.45, 2.75) is 345 Å². The molecule has 29 nitrogen and oxygen atoms in total. The first-order valence-electron chi connectivity index (χ1n) is 49.0. The van der Waals surface area contributed by atoms with Crippen LogP contribution >= 0.6 is 12.2 Å². The molecule has 0 fully saturated rings. The van der Waals surface area contributed by atoms with E-state index in [1.165, 1.54) is 228 Å². The van der Waals surface area contributed by atoms with Crippen LogP contribution in [0.2, 0.25) is 0 Å². The number of carbonyl (C=O) groups excluding carboxylic acids is 9. The van der Waals surface area contributed by atoms with Gasteiger partial charge in [-0.05, 0) is 222 Å². The minimum absolute atomic E-state index is 0. The van der Waals surface area contributed by atoms with Crippen molar-refractivity contribution in [2.75, 3.05) is 66.8 Å². The van der Waals surface area contributed by atoms with E-state index < -0.39 is 47.0 Å². The molecule has 0 aliphatic rings. The first-order chi connectivity index (χ1) is 64.7. The molecule has 0 unspecified atom stereocenters. The van der Waals surface area contributed by atoms with E-state index >= 15 is 0 Å². The molecule has 5 aromatic rings. The zero-order valence-electron chi connectivity index (χ0n) is 86.3. The van der Waals surface area contributed by atoms with Gasteiger partial charge < -0.3 is 95.2 Å². The Morgan fingerprint density at radius 2 is 0.645 bits per heavy atom. The molecule has 780 valence electrons. The van der Waals surface area contributed by atoms with Crippen LogP contribution in [0.3, 0.4) is 0 Å². The van der Waals surface area contributed by atoms with E-state index in [9.17, 15) is 47.9 Å². The number of aromatic carboxylic acids is 1. The van der Waals surface area contributed by atoms with Gasteiger partial charge in [0.05, 0.1) is 44.5 Å². The lowest BCUT2D eigenvalue weighted by atomic mass is 10.0. The number of carboxylic acid groups (broad SMARTS) is 1. The Labute approximate surface area is 843 Å². The first-order valence-corrected chi connectivity index (χ1v) is 49.4. The van der Waals surface area contributed by atoms with Crippen molar-refractivity contribution in [3.05, 3.63) is 177 Å². The van der Waals surface area contributed by atoms with Gasteiger partial charge in [0.2, 0.25) is 0 Å². The molecule has 15 N–H and O–H groups in total. The lowest BCUT2D eigenvalue weighted by Gasteiger charge is -2.20. The third kappa shape index (κ3) is 80.7. The molecule has 0 aliphatic carbocycles. The lowest BCUT2D eigenvalue weighted by Crippen LogP contribution is -3.00. The first kappa shape index (κ1) is 134. The Morgan fingerprint density at radius 1 is 0.384 bits per heavy atom. The summed E-state index contributed by atoms with van der Waals surface area (Å²) in [5.74, 6) is -2.31. The van der Waals surface area contributed by atoms with E-state index in [2.05, 4.69) is 98.9 Å². The SMILES string of the molecule is CC(=S)NC(=O)OC(C)(C)C.CCCCCCCCc1ccc(C(=O)NCC(=O)OC)cc1.CCCCCCCCc1ccc(C(=O)NCCO)cc1.CCCCCCCCc1ccc(C(=O)NCCOC(=NC(=O)OC(C)(C)C)NC(=O)OC(C)(C)C)cc1.CCCCCCCCc1ccc(C(=O)NCCOC(N)=[NH2+])cc1.CCCCCCCCc1ccc(C(=O)O)cc1.COC(=O)C[NH3+].[Cl-].[Cl-]. The summed E-state index contributed by atoms with van der Waals surface area (Å²) in [5, 5.41) is 38.0. The summed E-state index contributed by atoms with van der Waals surface area (Å²) in [7, 11) is 2.64. The number of thiocarbonyl (C=S) groups is 1. The predicted molar refractivity (Wildman–Crippen MR) is 546 cm³/mol. The van der Waals surface area contributed by atoms with Gasteiger partial charge in [-0.1, -0.05) is 268 Å². The van der Waals surface area contributed by atoms with E-state index in [0.717, 1.165) is 38.5 Å². The van der Waals surface area contributed by atoms with Crippen molar-refractivity contribution in [2.24, 2.45) is 10.7 Å². The van der Waals surface area contributed by atoms with Crippen LogP contribution in [0.5, 0.6) is 0 Å². The Hall–Kier alpha value is -10.3. The standard InChI is InChI=1S/C28H45N3O6.C18H29N3O2.C18H27NO3.C17H27NO2.C15H22O2.C7H13NO2S.C3H7NO2.2ClH/c1-8-9-10-11-12-13-14-21-15-17-22(18-16-21)23(32)29-19-20-35-24(30-25(33)36-27(2,3)4)31-26(34)37-28(5,6)7;1-2-3-4-5-6-7-8-15-9-11-16(12-10-15)17(22)21-13-14-23-18(19)20;1-3-4-5-6-7-8-9-15-10-12-16(13-11-15)18(21)19-14-17(20)22-2;1-2-3-4-5-6-7-8-15-9-11-16(12-10-15)17(20)18-13-14-19;1-2-3-4-5-6-7-8-13-9-11-14(12-10-13)15(16)17;1-5(11)8-6(9)10-7(2,3)4;1-6-3(5)2-4;;/h15-18H,8-14,19-20H2,1-7H3,(H,29,32)(H,30,31,33,34);9-12H,2-8,13-14H2,1H3,(H3,19,20)(H,21,22);10-13H,3-9,14H2,1-2H3,(H,19,21);9-12,19H,2-8,13-14H2,1H3,(H,18,20);9-12H,2-8H2,1H3,(H,16,17);1-4H3,(H,8,9,11);2,4H2,1H3;2*1H. The highest BCUT2D eigenvalue weighted by atomic mass is 35.5. The topological polar surface area (TPSA) is 440 Å². The number of aliphatic hydroxyl groups excluding tert-OH is 1. The van der Waals surface area contributed by atoms with Crippen LogP contribution in [0.15, 0.2) is 126 Å². The third-order valence-corrected chi connectivity index (χ3v) is 19.9. The maximum atomic E-state index is 12.5. The van der Waals surface area contributed by atoms with E-state index in [1.54, 1.807) is 93.5 Å². The molecule has 0 aromatic heterocycles. The number of rotatable bonds is 51. The number of methoxy groups -OCH3 is 2. The number of aryl methyl sites for hydroxylation is 5. The molecular weight excluding hydrogens is 1820 g/mol. The Bertz CT molecular complexity index is 4120. The van der Waals surface area contributed by atoms with Crippen molar-refractivity contribution in [3.8, 4) is 0 Å². The lowest BCUT2D eigenvalue weighted by molar-refractivity contribution is -0.359. The van der Waals surface area contributed by atoms with Crippen LogP contribution in [-0.2, 0) is 74.9 Å². The number of amidine groups is 2. The van der Waals surface area contributed by atoms with Crippen LogP contribution in [0.1, 0.15) is 376 Å². The number of aliphatic imine (C=N–C) groups is 1. The Balaban J connectivity index is -0.000000792. The summed E-state index contributed by atoms with van der Waals surface area (Å²) in [6, 6.07) is 37.5. The summed E-state index contributed by atoms with van der Waals surface area (Å²) < 4.78 is 34.2. The molecule has 0 saturated heterocycles. The normalized spacial score (nSPS) is 10.6. The highest BCUT2D eigenvalue weighted by Crippen LogP contribution is 2.19. The largest absolute Gasteiger partial charge is 1.00 e. The number of carbonyl (C=O) groups is 10. The van der Waals surface area contributed by atoms with Gasteiger partial charge in [0.1, 0.15) is 36.6 Å². The minimum Gasteiger partial charge on any atom is -1.00 e. The average Bonchev–Trinajstić information content (AvgIpc) is 0.790. The number of aliphatic hydroxyl groups is 1. The zero-order chi connectivity index (χ0) is 102. The number of nitrogens with zero attached hydrogens (tertiary/aromatic N) is 1. The maximum absolute atomic E-state index is 12.5. The predicted octanol–water partition coefficient (Wildman–Crippen LogP) is 12.9. The number of halogens is 2. The second-order valence-electron chi connectivity index (χ2n) is 35.8. The Kier molecular flexibility index (Phi) is 82.3. The molecule has 5 aromatic carbocycles. The average molecular weight is 1990 g/mol. The van der Waals surface area contributed by atoms with Gasteiger partial charge in [-0.3, -0.25) is 40.4 Å².